The van der Waals surface area contributed by atoms with Crippen LogP contribution in [0.3, 0.4) is 0 Å². The summed E-state index contributed by atoms with van der Waals surface area (Å²) in [6, 6.07) is 1.69. The van der Waals surface area contributed by atoms with Crippen LogP contribution < -0.4 is 5.32 Å². The predicted molar refractivity (Wildman–Crippen MR) is 81.1 cm³/mol. The van der Waals surface area contributed by atoms with E-state index in [4.69, 9.17) is 0 Å². The van der Waals surface area contributed by atoms with E-state index in [1.807, 2.05) is 11.6 Å². The highest BCUT2D eigenvalue weighted by Gasteiger charge is 2.36. The van der Waals surface area contributed by atoms with Crippen molar-refractivity contribution in [2.75, 3.05) is 0 Å². The fraction of sp³-hybridized carbons (Fsp3) is 0.600. The van der Waals surface area contributed by atoms with Gasteiger partial charge in [0.1, 0.15) is 17.8 Å². The van der Waals surface area contributed by atoms with Crippen LogP contribution in [0.4, 0.5) is 0 Å². The zero-order valence-electron chi connectivity index (χ0n) is 13.1. The molecule has 1 aliphatic rings. The van der Waals surface area contributed by atoms with E-state index in [-0.39, 0.29) is 11.9 Å². The van der Waals surface area contributed by atoms with E-state index in [2.05, 4.69) is 27.4 Å². The van der Waals surface area contributed by atoms with Gasteiger partial charge >= 0.3 is 0 Å². The Morgan fingerprint density at radius 3 is 2.86 bits per heavy atom. The minimum absolute atomic E-state index is 0.0695. The standard InChI is InChI=1S/C15H22N6O/c1-3-9-21-12(7-8-17-21)15(22)19-13(11-5-6-11)14-16-10-18-20(14)4-2/h7-8,10-11,13H,3-6,9H2,1-2H3,(H,19,22)/t13-/m1/s1. The molecule has 2 heterocycles. The molecule has 1 N–H and O–H groups in total. The normalized spacial score (nSPS) is 15.7. The van der Waals surface area contributed by atoms with Gasteiger partial charge in [-0.3, -0.25) is 9.48 Å². The Morgan fingerprint density at radius 2 is 2.18 bits per heavy atom. The van der Waals surface area contributed by atoms with Gasteiger partial charge in [0.05, 0.1) is 6.04 Å². The lowest BCUT2D eigenvalue weighted by Crippen LogP contribution is -2.33. The highest BCUT2D eigenvalue weighted by Crippen LogP contribution is 2.40. The van der Waals surface area contributed by atoms with Crippen molar-refractivity contribution in [3.63, 3.8) is 0 Å². The van der Waals surface area contributed by atoms with Gasteiger partial charge in [-0.05, 0) is 38.2 Å². The summed E-state index contributed by atoms with van der Waals surface area (Å²) < 4.78 is 3.61. The minimum atomic E-state index is -0.0893. The van der Waals surface area contributed by atoms with Crippen LogP contribution in [0.1, 0.15) is 55.5 Å². The van der Waals surface area contributed by atoms with Crippen LogP contribution in [-0.2, 0) is 13.1 Å². The second kappa shape index (κ2) is 6.29. The molecule has 1 saturated carbocycles. The molecule has 7 nitrogen and oxygen atoms in total. The molecule has 0 bridgehead atoms. The van der Waals surface area contributed by atoms with Crippen LogP contribution in [-0.4, -0.2) is 30.5 Å². The van der Waals surface area contributed by atoms with Crippen LogP contribution >= 0.6 is 0 Å². The van der Waals surface area contributed by atoms with Crippen LogP contribution in [0.2, 0.25) is 0 Å². The van der Waals surface area contributed by atoms with Gasteiger partial charge in [-0.25, -0.2) is 9.67 Å². The van der Waals surface area contributed by atoms with E-state index in [0.29, 0.717) is 11.6 Å². The first-order valence-electron chi connectivity index (χ1n) is 7.95. The third-order valence-corrected chi connectivity index (χ3v) is 3.99. The number of carbonyl (C=O) groups is 1. The number of nitrogens with one attached hydrogen (secondary N) is 1. The quantitative estimate of drug-likeness (QED) is 0.846. The van der Waals surface area contributed by atoms with E-state index in [0.717, 1.165) is 38.2 Å². The average Bonchev–Trinajstić information content (AvgIpc) is 3.07. The maximum Gasteiger partial charge on any atom is 0.270 e. The zero-order valence-corrected chi connectivity index (χ0v) is 13.1. The lowest BCUT2D eigenvalue weighted by molar-refractivity contribution is 0.0917. The third kappa shape index (κ3) is 2.88. The number of hydrogen-bond donors (Lipinski definition) is 1. The zero-order chi connectivity index (χ0) is 15.5. The second-order valence-corrected chi connectivity index (χ2v) is 5.66. The van der Waals surface area contributed by atoms with Gasteiger partial charge in [-0.2, -0.15) is 10.2 Å². The van der Waals surface area contributed by atoms with Crippen molar-refractivity contribution in [2.45, 2.75) is 52.2 Å². The molecular weight excluding hydrogens is 280 g/mol. The smallest absolute Gasteiger partial charge is 0.270 e. The summed E-state index contributed by atoms with van der Waals surface area (Å²) in [6.07, 6.45) is 6.41. The number of rotatable bonds is 7. The number of aromatic nitrogens is 5. The Hall–Kier alpha value is -2.18. The Balaban J connectivity index is 1.79. The van der Waals surface area contributed by atoms with Crippen molar-refractivity contribution in [2.24, 2.45) is 5.92 Å². The van der Waals surface area contributed by atoms with Gasteiger partial charge in [0.15, 0.2) is 0 Å². The van der Waals surface area contributed by atoms with Crippen molar-refractivity contribution in [1.29, 1.82) is 0 Å². The Kier molecular flexibility index (Phi) is 4.22. The van der Waals surface area contributed by atoms with Gasteiger partial charge in [-0.15, -0.1) is 0 Å². The van der Waals surface area contributed by atoms with Gasteiger partial charge in [0.25, 0.3) is 5.91 Å². The number of nitrogens with zero attached hydrogens (tertiary/aromatic N) is 5. The summed E-state index contributed by atoms with van der Waals surface area (Å²) in [5, 5.41) is 11.6. The topological polar surface area (TPSA) is 77.6 Å². The van der Waals surface area contributed by atoms with E-state index in [1.165, 1.54) is 0 Å². The van der Waals surface area contributed by atoms with E-state index in [9.17, 15) is 4.79 Å². The Bertz CT molecular complexity index is 642. The Labute approximate surface area is 129 Å². The fourth-order valence-electron chi connectivity index (χ4n) is 2.71. The molecule has 1 amide bonds. The summed E-state index contributed by atoms with van der Waals surface area (Å²) in [7, 11) is 0. The van der Waals surface area contributed by atoms with Crippen molar-refractivity contribution >= 4 is 5.91 Å². The summed E-state index contributed by atoms with van der Waals surface area (Å²) in [5.41, 5.74) is 0.607. The van der Waals surface area contributed by atoms with Gasteiger partial charge in [0.2, 0.25) is 0 Å². The van der Waals surface area contributed by atoms with E-state index in [1.54, 1.807) is 23.3 Å². The lowest BCUT2D eigenvalue weighted by Gasteiger charge is -2.18. The first-order valence-corrected chi connectivity index (χ1v) is 7.95. The molecule has 7 heteroatoms. The van der Waals surface area contributed by atoms with Crippen molar-refractivity contribution < 1.29 is 4.79 Å². The molecule has 0 aliphatic heterocycles. The third-order valence-electron chi connectivity index (χ3n) is 3.99. The molecule has 0 saturated heterocycles. The van der Waals surface area contributed by atoms with Crippen LogP contribution in [0.5, 0.6) is 0 Å². The predicted octanol–water partition coefficient (Wildman–Crippen LogP) is 1.79. The molecular formula is C15H22N6O. The maximum absolute atomic E-state index is 12.6. The largest absolute Gasteiger partial charge is 0.340 e. The first kappa shape index (κ1) is 14.7. The maximum atomic E-state index is 12.6. The number of carbonyl (C=O) groups excluding carboxylic acids is 1. The van der Waals surface area contributed by atoms with Crippen molar-refractivity contribution in [1.82, 2.24) is 29.9 Å². The van der Waals surface area contributed by atoms with E-state index >= 15 is 0 Å². The molecule has 0 spiro atoms. The minimum Gasteiger partial charge on any atom is -0.340 e. The molecule has 22 heavy (non-hydrogen) atoms. The molecule has 1 aliphatic carbocycles. The van der Waals surface area contributed by atoms with Gasteiger partial charge < -0.3 is 5.32 Å². The van der Waals surface area contributed by atoms with Crippen LogP contribution in [0, 0.1) is 5.92 Å². The highest BCUT2D eigenvalue weighted by molar-refractivity contribution is 5.92. The highest BCUT2D eigenvalue weighted by atomic mass is 16.2. The number of amides is 1. The lowest BCUT2D eigenvalue weighted by atomic mass is 10.1. The van der Waals surface area contributed by atoms with Crippen LogP contribution in [0.25, 0.3) is 0 Å². The molecule has 2 aromatic heterocycles. The number of hydrogen-bond acceptors (Lipinski definition) is 4. The molecule has 2 aromatic rings. The number of aryl methyl sites for hydroxylation is 2. The van der Waals surface area contributed by atoms with Crippen molar-refractivity contribution in [3.8, 4) is 0 Å². The SMILES string of the molecule is CCCn1nccc1C(=O)N[C@@H](c1ncnn1CC)C1CC1. The monoisotopic (exact) mass is 302 g/mol. The molecule has 3 rings (SSSR count). The molecule has 0 radical (unpaired) electrons. The summed E-state index contributed by atoms with van der Waals surface area (Å²) in [4.78, 5) is 17.0. The summed E-state index contributed by atoms with van der Waals surface area (Å²) in [6.45, 7) is 5.59. The molecule has 0 unspecified atom stereocenters. The molecule has 1 atom stereocenters. The van der Waals surface area contributed by atoms with E-state index < -0.39 is 0 Å². The van der Waals surface area contributed by atoms with Crippen molar-refractivity contribution in [3.05, 3.63) is 30.1 Å². The second-order valence-electron chi connectivity index (χ2n) is 5.66. The summed E-state index contributed by atoms with van der Waals surface area (Å²) in [5.74, 6) is 1.22. The van der Waals surface area contributed by atoms with Gasteiger partial charge in [0, 0.05) is 19.3 Å². The average molecular weight is 302 g/mol. The van der Waals surface area contributed by atoms with Gasteiger partial charge in [-0.1, -0.05) is 6.92 Å². The molecule has 0 aromatic carbocycles. The molecule has 1 fully saturated rings. The summed E-state index contributed by atoms with van der Waals surface area (Å²) >= 11 is 0. The first-order chi connectivity index (χ1) is 10.7. The molecule has 118 valence electrons. The fourth-order valence-corrected chi connectivity index (χ4v) is 2.71. The Morgan fingerprint density at radius 1 is 1.36 bits per heavy atom. The van der Waals surface area contributed by atoms with Crippen LogP contribution in [0.15, 0.2) is 18.6 Å².